The molecule has 25 heavy (non-hydrogen) atoms. The number of phenolic OH excluding ortho intramolecular Hbond substituents is 1. The number of benzene rings is 2. The highest BCUT2D eigenvalue weighted by Gasteiger charge is 2.23. The third-order valence-corrected chi connectivity index (χ3v) is 3.45. The number of aromatic hydroxyl groups is 1. The SMILES string of the molecule is CCOC(=O)N[C@@H](Cc1ccc(O)cc1)C(=O)OCc1ccccc1. The number of nitrogens with one attached hydrogen (secondary N) is 1. The Morgan fingerprint density at radius 3 is 2.32 bits per heavy atom. The molecule has 0 heterocycles. The fraction of sp³-hybridized carbons (Fsp3) is 0.263. The van der Waals surface area contributed by atoms with Crippen molar-refractivity contribution in [2.24, 2.45) is 0 Å². The van der Waals surface area contributed by atoms with Crippen LogP contribution in [0.3, 0.4) is 0 Å². The minimum Gasteiger partial charge on any atom is -0.508 e. The average Bonchev–Trinajstić information content (AvgIpc) is 2.62. The van der Waals surface area contributed by atoms with Crippen LogP contribution in [0.5, 0.6) is 5.75 Å². The number of hydrogen-bond acceptors (Lipinski definition) is 5. The van der Waals surface area contributed by atoms with Gasteiger partial charge in [0.25, 0.3) is 0 Å². The van der Waals surface area contributed by atoms with E-state index >= 15 is 0 Å². The van der Waals surface area contributed by atoms with E-state index in [1.807, 2.05) is 30.3 Å². The molecule has 0 radical (unpaired) electrons. The summed E-state index contributed by atoms with van der Waals surface area (Å²) in [6.45, 7) is 2.01. The van der Waals surface area contributed by atoms with Crippen molar-refractivity contribution in [2.45, 2.75) is 26.0 Å². The third kappa shape index (κ3) is 6.18. The van der Waals surface area contributed by atoms with Gasteiger partial charge in [-0.2, -0.15) is 0 Å². The van der Waals surface area contributed by atoms with Crippen LogP contribution >= 0.6 is 0 Å². The maximum absolute atomic E-state index is 12.4. The lowest BCUT2D eigenvalue weighted by Gasteiger charge is -2.17. The standard InChI is InChI=1S/C19H21NO5/c1-2-24-19(23)20-17(12-14-8-10-16(21)11-9-14)18(22)25-13-15-6-4-3-5-7-15/h3-11,17,21H,2,12-13H2,1H3,(H,20,23)/t17-/m0/s1. The van der Waals surface area contributed by atoms with Gasteiger partial charge in [0.05, 0.1) is 6.61 Å². The first kappa shape index (κ1) is 18.3. The predicted octanol–water partition coefficient (Wildman–Crippen LogP) is 2.79. The van der Waals surface area contributed by atoms with E-state index in [0.29, 0.717) is 0 Å². The van der Waals surface area contributed by atoms with Gasteiger partial charge in [-0.1, -0.05) is 42.5 Å². The molecule has 1 atom stereocenters. The van der Waals surface area contributed by atoms with Crippen LogP contribution in [0.4, 0.5) is 4.79 Å². The summed E-state index contributed by atoms with van der Waals surface area (Å²) < 4.78 is 10.2. The van der Waals surface area contributed by atoms with Crippen LogP contribution in [0.2, 0.25) is 0 Å². The minimum absolute atomic E-state index is 0.121. The molecule has 0 bridgehead atoms. The minimum atomic E-state index is -0.882. The zero-order chi connectivity index (χ0) is 18.1. The molecule has 0 unspecified atom stereocenters. The van der Waals surface area contributed by atoms with Crippen LogP contribution < -0.4 is 5.32 Å². The smallest absolute Gasteiger partial charge is 0.407 e. The van der Waals surface area contributed by atoms with Gasteiger partial charge in [-0.05, 0) is 30.2 Å². The van der Waals surface area contributed by atoms with Crippen LogP contribution in [0, 0.1) is 0 Å². The lowest BCUT2D eigenvalue weighted by Crippen LogP contribution is -2.43. The van der Waals surface area contributed by atoms with Gasteiger partial charge in [-0.15, -0.1) is 0 Å². The summed E-state index contributed by atoms with van der Waals surface area (Å²) in [6, 6.07) is 14.8. The largest absolute Gasteiger partial charge is 0.508 e. The Morgan fingerprint density at radius 1 is 1.00 bits per heavy atom. The van der Waals surface area contributed by atoms with E-state index in [2.05, 4.69) is 5.32 Å². The number of alkyl carbamates (subject to hydrolysis) is 1. The number of carbonyl (C=O) groups excluding carboxylic acids is 2. The second-order valence-corrected chi connectivity index (χ2v) is 5.38. The fourth-order valence-electron chi connectivity index (χ4n) is 2.21. The van der Waals surface area contributed by atoms with Crippen LogP contribution in [0.15, 0.2) is 54.6 Å². The van der Waals surface area contributed by atoms with Crippen LogP contribution in [0.25, 0.3) is 0 Å². The lowest BCUT2D eigenvalue weighted by atomic mass is 10.1. The van der Waals surface area contributed by atoms with Crippen molar-refractivity contribution in [3.63, 3.8) is 0 Å². The fourth-order valence-corrected chi connectivity index (χ4v) is 2.21. The molecule has 2 rings (SSSR count). The molecule has 6 heteroatoms. The molecular weight excluding hydrogens is 322 g/mol. The Bertz CT molecular complexity index is 685. The van der Waals surface area contributed by atoms with Crippen molar-refractivity contribution < 1.29 is 24.2 Å². The first-order chi connectivity index (χ1) is 12.1. The summed E-state index contributed by atoms with van der Waals surface area (Å²) in [5, 5.41) is 11.9. The van der Waals surface area contributed by atoms with E-state index in [9.17, 15) is 14.7 Å². The molecule has 2 aromatic carbocycles. The predicted molar refractivity (Wildman–Crippen MR) is 92.0 cm³/mol. The van der Waals surface area contributed by atoms with E-state index in [0.717, 1.165) is 11.1 Å². The number of phenols is 1. The third-order valence-electron chi connectivity index (χ3n) is 3.45. The van der Waals surface area contributed by atoms with E-state index in [4.69, 9.17) is 9.47 Å². The second-order valence-electron chi connectivity index (χ2n) is 5.38. The van der Waals surface area contributed by atoms with Crippen LogP contribution in [0.1, 0.15) is 18.1 Å². The van der Waals surface area contributed by atoms with E-state index in [1.54, 1.807) is 19.1 Å². The second kappa shape index (κ2) is 9.32. The highest BCUT2D eigenvalue weighted by atomic mass is 16.6. The number of rotatable bonds is 7. The Labute approximate surface area is 146 Å². The first-order valence-corrected chi connectivity index (χ1v) is 8.00. The number of hydrogen-bond donors (Lipinski definition) is 2. The molecule has 0 aliphatic carbocycles. The topological polar surface area (TPSA) is 84.9 Å². The zero-order valence-electron chi connectivity index (χ0n) is 14.0. The molecule has 0 saturated heterocycles. The van der Waals surface area contributed by atoms with Crippen molar-refractivity contribution in [3.8, 4) is 5.75 Å². The Morgan fingerprint density at radius 2 is 1.68 bits per heavy atom. The highest BCUT2D eigenvalue weighted by Crippen LogP contribution is 2.12. The van der Waals surface area contributed by atoms with Crippen molar-refractivity contribution >= 4 is 12.1 Å². The molecular formula is C19H21NO5. The molecule has 132 valence electrons. The molecule has 0 saturated carbocycles. The maximum Gasteiger partial charge on any atom is 0.407 e. The van der Waals surface area contributed by atoms with E-state index < -0.39 is 18.1 Å². The summed E-state index contributed by atoms with van der Waals surface area (Å²) in [6.07, 6.45) is -0.449. The first-order valence-electron chi connectivity index (χ1n) is 8.00. The monoisotopic (exact) mass is 343 g/mol. The Kier molecular flexibility index (Phi) is 6.83. The van der Waals surface area contributed by atoms with Crippen molar-refractivity contribution in [3.05, 3.63) is 65.7 Å². The van der Waals surface area contributed by atoms with Gasteiger partial charge in [-0.25, -0.2) is 9.59 Å². The van der Waals surface area contributed by atoms with Gasteiger partial charge >= 0.3 is 12.1 Å². The van der Waals surface area contributed by atoms with Crippen molar-refractivity contribution in [2.75, 3.05) is 6.61 Å². The van der Waals surface area contributed by atoms with Gasteiger partial charge < -0.3 is 19.9 Å². The molecule has 6 nitrogen and oxygen atoms in total. The van der Waals surface area contributed by atoms with Crippen LogP contribution in [-0.4, -0.2) is 29.8 Å². The van der Waals surface area contributed by atoms with Gasteiger partial charge in [0.2, 0.25) is 0 Å². The summed E-state index contributed by atoms with van der Waals surface area (Å²) in [5.74, 6) is -0.421. The van der Waals surface area contributed by atoms with Gasteiger partial charge in [0, 0.05) is 6.42 Å². The molecule has 0 spiro atoms. The van der Waals surface area contributed by atoms with E-state index in [1.165, 1.54) is 12.1 Å². The Hall–Kier alpha value is -3.02. The number of carbonyl (C=O) groups is 2. The highest BCUT2D eigenvalue weighted by molar-refractivity contribution is 5.81. The molecule has 1 amide bonds. The summed E-state index contributed by atoms with van der Waals surface area (Å²) in [7, 11) is 0. The van der Waals surface area contributed by atoms with Gasteiger partial charge in [0.1, 0.15) is 18.4 Å². The van der Waals surface area contributed by atoms with Crippen molar-refractivity contribution in [1.29, 1.82) is 0 Å². The van der Waals surface area contributed by atoms with Gasteiger partial charge in [-0.3, -0.25) is 0 Å². The normalized spacial score (nSPS) is 11.4. The molecule has 0 aliphatic rings. The summed E-state index contributed by atoms with van der Waals surface area (Å²) in [5.41, 5.74) is 1.63. The average molecular weight is 343 g/mol. The summed E-state index contributed by atoms with van der Waals surface area (Å²) in [4.78, 5) is 24.1. The molecule has 2 N–H and O–H groups in total. The molecule has 2 aromatic rings. The van der Waals surface area contributed by atoms with Crippen LogP contribution in [-0.2, 0) is 27.3 Å². The number of esters is 1. The van der Waals surface area contributed by atoms with E-state index in [-0.39, 0.29) is 25.4 Å². The molecule has 0 fully saturated rings. The zero-order valence-corrected chi connectivity index (χ0v) is 14.0. The van der Waals surface area contributed by atoms with Gasteiger partial charge in [0.15, 0.2) is 0 Å². The molecule has 0 aliphatic heterocycles. The summed E-state index contributed by atoms with van der Waals surface area (Å²) >= 11 is 0. The Balaban J connectivity index is 2.02. The number of ether oxygens (including phenoxy) is 2. The lowest BCUT2D eigenvalue weighted by molar-refractivity contribution is -0.147. The number of amides is 1. The molecule has 0 aromatic heterocycles. The quantitative estimate of drug-likeness (QED) is 0.755. The maximum atomic E-state index is 12.4. The van der Waals surface area contributed by atoms with Crippen molar-refractivity contribution in [1.82, 2.24) is 5.32 Å².